The van der Waals surface area contributed by atoms with Crippen molar-refractivity contribution in [1.29, 1.82) is 0 Å². The summed E-state index contributed by atoms with van der Waals surface area (Å²) in [6, 6.07) is 10.3. The number of hydrogen-bond donors (Lipinski definition) is 1. The molecule has 0 spiro atoms. The molecule has 4 heteroatoms. The molecule has 0 bridgehead atoms. The molecule has 1 atom stereocenters. The van der Waals surface area contributed by atoms with Gasteiger partial charge in [-0.2, -0.15) is 0 Å². The number of benzene rings is 1. The molecule has 1 aromatic heterocycles. The highest BCUT2D eigenvalue weighted by molar-refractivity contribution is 6.42. The third-order valence-corrected chi connectivity index (χ3v) is 4.38. The second kappa shape index (κ2) is 8.38. The molecule has 1 unspecified atom stereocenters. The molecule has 2 nitrogen and oxygen atoms in total. The minimum Gasteiger partial charge on any atom is -0.314 e. The van der Waals surface area contributed by atoms with Crippen LogP contribution in [0.1, 0.15) is 24.5 Å². The standard InChI is InChI=1S/C17H20Cl2N2/c1-2-21-15(7-6-13-8-10-20-11-9-13)12-14-4-3-5-16(18)17(14)19/h3-5,8-11,15,21H,2,6-7,12H2,1H3. The van der Waals surface area contributed by atoms with Crippen LogP contribution in [-0.4, -0.2) is 17.6 Å². The summed E-state index contributed by atoms with van der Waals surface area (Å²) >= 11 is 12.4. The zero-order valence-electron chi connectivity index (χ0n) is 12.2. The summed E-state index contributed by atoms with van der Waals surface area (Å²) in [6.07, 6.45) is 6.65. The molecule has 1 aromatic carbocycles. The summed E-state index contributed by atoms with van der Waals surface area (Å²) in [6.45, 7) is 3.07. The first-order chi connectivity index (χ1) is 10.2. The van der Waals surface area contributed by atoms with Crippen molar-refractivity contribution in [3.8, 4) is 0 Å². The number of aryl methyl sites for hydroxylation is 1. The number of nitrogens with zero attached hydrogens (tertiary/aromatic N) is 1. The summed E-state index contributed by atoms with van der Waals surface area (Å²) in [5, 5.41) is 4.83. The lowest BCUT2D eigenvalue weighted by Gasteiger charge is -2.19. The Balaban J connectivity index is 2.00. The highest BCUT2D eigenvalue weighted by Gasteiger charge is 2.12. The quantitative estimate of drug-likeness (QED) is 0.809. The molecule has 0 fully saturated rings. The number of pyridine rings is 1. The molecular formula is C17H20Cl2N2. The molecule has 0 aliphatic rings. The van der Waals surface area contributed by atoms with Gasteiger partial charge in [0.15, 0.2) is 0 Å². The Kier molecular flexibility index (Phi) is 6.50. The van der Waals surface area contributed by atoms with E-state index in [1.807, 2.05) is 30.6 Å². The topological polar surface area (TPSA) is 24.9 Å². The Labute approximate surface area is 136 Å². The Morgan fingerprint density at radius 3 is 2.62 bits per heavy atom. The maximum Gasteiger partial charge on any atom is 0.0624 e. The number of hydrogen-bond acceptors (Lipinski definition) is 2. The minimum atomic E-state index is 0.388. The van der Waals surface area contributed by atoms with Crippen LogP contribution in [0.3, 0.4) is 0 Å². The predicted molar refractivity (Wildman–Crippen MR) is 90.2 cm³/mol. The molecule has 112 valence electrons. The van der Waals surface area contributed by atoms with Crippen LogP contribution in [0.4, 0.5) is 0 Å². The summed E-state index contributed by atoms with van der Waals surface area (Å²) in [7, 11) is 0. The van der Waals surface area contributed by atoms with Crippen LogP contribution >= 0.6 is 23.2 Å². The van der Waals surface area contributed by atoms with Crippen molar-refractivity contribution < 1.29 is 0 Å². The normalized spacial score (nSPS) is 12.3. The lowest BCUT2D eigenvalue weighted by molar-refractivity contribution is 0.491. The SMILES string of the molecule is CCNC(CCc1ccncc1)Cc1cccc(Cl)c1Cl. The van der Waals surface area contributed by atoms with Crippen LogP contribution in [0, 0.1) is 0 Å². The fourth-order valence-corrected chi connectivity index (χ4v) is 2.82. The molecule has 2 aromatic rings. The largest absolute Gasteiger partial charge is 0.314 e. The number of likely N-dealkylation sites (N-methyl/N-ethyl adjacent to an activating group) is 1. The van der Waals surface area contributed by atoms with Crippen molar-refractivity contribution in [2.75, 3.05) is 6.54 Å². The average molecular weight is 323 g/mol. The highest BCUT2D eigenvalue weighted by atomic mass is 35.5. The number of halogens is 2. The van der Waals surface area contributed by atoms with Crippen LogP contribution in [0.15, 0.2) is 42.7 Å². The molecule has 0 saturated carbocycles. The Hall–Kier alpha value is -1.09. The third kappa shape index (κ3) is 4.99. The predicted octanol–water partition coefficient (Wildman–Crippen LogP) is 4.54. The van der Waals surface area contributed by atoms with Gasteiger partial charge in [0, 0.05) is 18.4 Å². The average Bonchev–Trinajstić information content (AvgIpc) is 2.50. The lowest BCUT2D eigenvalue weighted by atomic mass is 9.99. The molecule has 0 amide bonds. The van der Waals surface area contributed by atoms with Crippen molar-refractivity contribution >= 4 is 23.2 Å². The van der Waals surface area contributed by atoms with Crippen molar-refractivity contribution in [1.82, 2.24) is 10.3 Å². The van der Waals surface area contributed by atoms with Crippen molar-refractivity contribution in [2.45, 2.75) is 32.2 Å². The molecule has 21 heavy (non-hydrogen) atoms. The van der Waals surface area contributed by atoms with Crippen LogP contribution < -0.4 is 5.32 Å². The first kappa shape index (κ1) is 16.3. The van der Waals surface area contributed by atoms with Gasteiger partial charge in [-0.05, 0) is 55.1 Å². The van der Waals surface area contributed by atoms with Gasteiger partial charge in [0.2, 0.25) is 0 Å². The number of aromatic nitrogens is 1. The Bertz CT molecular complexity index is 558. The van der Waals surface area contributed by atoms with E-state index in [-0.39, 0.29) is 0 Å². The van der Waals surface area contributed by atoms with Gasteiger partial charge in [-0.25, -0.2) is 0 Å². The molecule has 0 saturated heterocycles. The van der Waals surface area contributed by atoms with E-state index >= 15 is 0 Å². The van der Waals surface area contributed by atoms with Crippen LogP contribution in [0.5, 0.6) is 0 Å². The molecule has 0 radical (unpaired) electrons. The Morgan fingerprint density at radius 1 is 1.14 bits per heavy atom. The maximum atomic E-state index is 6.29. The fourth-order valence-electron chi connectivity index (χ4n) is 2.43. The Morgan fingerprint density at radius 2 is 1.90 bits per heavy atom. The van der Waals surface area contributed by atoms with Gasteiger partial charge in [0.1, 0.15) is 0 Å². The first-order valence-corrected chi connectivity index (χ1v) is 8.01. The van der Waals surface area contributed by atoms with Crippen molar-refractivity contribution in [3.05, 3.63) is 63.9 Å². The van der Waals surface area contributed by atoms with Gasteiger partial charge < -0.3 is 5.32 Å². The lowest BCUT2D eigenvalue weighted by Crippen LogP contribution is -2.31. The number of rotatable bonds is 7. The molecule has 1 N–H and O–H groups in total. The van der Waals surface area contributed by atoms with E-state index in [0.29, 0.717) is 16.1 Å². The zero-order chi connectivity index (χ0) is 15.1. The van der Waals surface area contributed by atoms with Crippen molar-refractivity contribution in [3.63, 3.8) is 0 Å². The maximum absolute atomic E-state index is 6.29. The molecule has 0 aliphatic carbocycles. The molecule has 1 heterocycles. The fraction of sp³-hybridized carbons (Fsp3) is 0.353. The monoisotopic (exact) mass is 322 g/mol. The van der Waals surface area contributed by atoms with Gasteiger partial charge in [-0.15, -0.1) is 0 Å². The van der Waals surface area contributed by atoms with Crippen molar-refractivity contribution in [2.24, 2.45) is 0 Å². The molecule has 0 aliphatic heterocycles. The first-order valence-electron chi connectivity index (χ1n) is 7.26. The number of nitrogens with one attached hydrogen (secondary N) is 1. The molecule has 2 rings (SSSR count). The summed E-state index contributed by atoms with van der Waals surface area (Å²) in [4.78, 5) is 4.05. The van der Waals surface area contributed by atoms with Crippen LogP contribution in [0.2, 0.25) is 10.0 Å². The van der Waals surface area contributed by atoms with E-state index in [9.17, 15) is 0 Å². The van der Waals surface area contributed by atoms with Gasteiger partial charge in [0.25, 0.3) is 0 Å². The molecular weight excluding hydrogens is 303 g/mol. The van der Waals surface area contributed by atoms with Gasteiger partial charge in [-0.1, -0.05) is 42.3 Å². The van der Waals surface area contributed by atoms with E-state index in [2.05, 4.69) is 29.4 Å². The zero-order valence-corrected chi connectivity index (χ0v) is 13.7. The van der Waals surface area contributed by atoms with Gasteiger partial charge in [-0.3, -0.25) is 4.98 Å². The van der Waals surface area contributed by atoms with Gasteiger partial charge >= 0.3 is 0 Å². The highest BCUT2D eigenvalue weighted by Crippen LogP contribution is 2.26. The third-order valence-electron chi connectivity index (χ3n) is 3.52. The second-order valence-electron chi connectivity index (χ2n) is 5.07. The van der Waals surface area contributed by atoms with Crippen LogP contribution in [-0.2, 0) is 12.8 Å². The minimum absolute atomic E-state index is 0.388. The second-order valence-corrected chi connectivity index (χ2v) is 5.85. The van der Waals surface area contributed by atoms with Crippen LogP contribution in [0.25, 0.3) is 0 Å². The van der Waals surface area contributed by atoms with E-state index in [0.717, 1.165) is 31.4 Å². The van der Waals surface area contributed by atoms with E-state index < -0.39 is 0 Å². The summed E-state index contributed by atoms with van der Waals surface area (Å²) in [5.74, 6) is 0. The van der Waals surface area contributed by atoms with Gasteiger partial charge in [0.05, 0.1) is 10.0 Å². The summed E-state index contributed by atoms with van der Waals surface area (Å²) in [5.41, 5.74) is 2.41. The summed E-state index contributed by atoms with van der Waals surface area (Å²) < 4.78 is 0. The van der Waals surface area contributed by atoms with E-state index in [4.69, 9.17) is 23.2 Å². The van der Waals surface area contributed by atoms with E-state index in [1.165, 1.54) is 5.56 Å². The van der Waals surface area contributed by atoms with E-state index in [1.54, 1.807) is 0 Å². The smallest absolute Gasteiger partial charge is 0.0624 e.